The molecule has 1 amide bonds. The van der Waals surface area contributed by atoms with Crippen molar-refractivity contribution in [2.24, 2.45) is 0 Å². The number of amides is 1. The van der Waals surface area contributed by atoms with Crippen molar-refractivity contribution >= 4 is 6.09 Å². The Morgan fingerprint density at radius 1 is 1.44 bits per heavy atom. The number of cyclic esters (lactones) is 1. The molecule has 1 aliphatic rings. The van der Waals surface area contributed by atoms with E-state index in [0.717, 1.165) is 18.2 Å². The first kappa shape index (κ1) is 10.8. The molecule has 6 heteroatoms. The Bertz CT molecular complexity index is 412. The second-order valence-corrected chi connectivity index (χ2v) is 3.41. The largest absolute Gasteiger partial charge is 0.447 e. The maximum atomic E-state index is 13.3. The lowest BCUT2D eigenvalue weighted by atomic mass is 10.2. The summed E-state index contributed by atoms with van der Waals surface area (Å²) in [5.41, 5.74) is 2.59. The zero-order valence-corrected chi connectivity index (χ0v) is 8.37. The van der Waals surface area contributed by atoms with Crippen molar-refractivity contribution in [2.75, 3.05) is 13.2 Å². The first-order valence-corrected chi connectivity index (χ1v) is 4.77. The van der Waals surface area contributed by atoms with Gasteiger partial charge in [-0.05, 0) is 18.2 Å². The first-order chi connectivity index (χ1) is 7.65. The van der Waals surface area contributed by atoms with Crippen molar-refractivity contribution < 1.29 is 18.3 Å². The molecule has 0 aromatic heterocycles. The van der Waals surface area contributed by atoms with Crippen LogP contribution >= 0.6 is 0 Å². The van der Waals surface area contributed by atoms with Crippen LogP contribution in [0.5, 0.6) is 0 Å². The van der Waals surface area contributed by atoms with Crippen LogP contribution < -0.4 is 5.43 Å². The second-order valence-electron chi connectivity index (χ2n) is 3.41. The smallest absolute Gasteiger partial charge is 0.421 e. The molecule has 1 aromatic rings. The topological polar surface area (TPSA) is 41.6 Å². The molecule has 0 atom stereocenters. The van der Waals surface area contributed by atoms with E-state index >= 15 is 0 Å². The van der Waals surface area contributed by atoms with Crippen LogP contribution in [0, 0.1) is 11.6 Å². The number of halogens is 2. The molecule has 1 heterocycles. The molecule has 1 aromatic carbocycles. The van der Waals surface area contributed by atoms with Crippen molar-refractivity contribution in [1.82, 2.24) is 10.4 Å². The van der Waals surface area contributed by atoms with E-state index in [-0.39, 0.29) is 18.7 Å². The van der Waals surface area contributed by atoms with Crippen LogP contribution in [0.4, 0.5) is 13.6 Å². The minimum Gasteiger partial charge on any atom is -0.447 e. The molecule has 0 saturated carbocycles. The van der Waals surface area contributed by atoms with E-state index in [9.17, 15) is 13.6 Å². The second kappa shape index (κ2) is 4.44. The molecule has 0 unspecified atom stereocenters. The summed E-state index contributed by atoms with van der Waals surface area (Å²) in [6.07, 6.45) is -0.580. The van der Waals surface area contributed by atoms with Gasteiger partial charge in [0.1, 0.15) is 18.2 Å². The summed E-state index contributed by atoms with van der Waals surface area (Å²) >= 11 is 0. The predicted molar refractivity (Wildman–Crippen MR) is 51.3 cm³/mol. The van der Waals surface area contributed by atoms with Gasteiger partial charge >= 0.3 is 6.09 Å². The Morgan fingerprint density at radius 3 is 3.00 bits per heavy atom. The molecule has 4 nitrogen and oxygen atoms in total. The summed E-state index contributed by atoms with van der Waals surface area (Å²) in [6.45, 7) is 0.781. The van der Waals surface area contributed by atoms with Crippen molar-refractivity contribution in [3.05, 3.63) is 35.4 Å². The molecule has 0 radical (unpaired) electrons. The normalized spacial score (nSPS) is 16.8. The Balaban J connectivity index is 2.08. The van der Waals surface area contributed by atoms with Crippen LogP contribution in [0.1, 0.15) is 5.56 Å². The number of carbonyl (C=O) groups excluding carboxylic acids is 1. The molecule has 1 fully saturated rings. The predicted octanol–water partition coefficient (Wildman–Crippen LogP) is 1.42. The highest BCUT2D eigenvalue weighted by molar-refractivity contribution is 5.67. The maximum Gasteiger partial charge on any atom is 0.421 e. The number of hydrazine groups is 1. The van der Waals surface area contributed by atoms with Crippen LogP contribution in [-0.2, 0) is 11.3 Å². The summed E-state index contributed by atoms with van der Waals surface area (Å²) in [5.74, 6) is -1.00. The van der Waals surface area contributed by atoms with Gasteiger partial charge in [-0.3, -0.25) is 5.43 Å². The van der Waals surface area contributed by atoms with Gasteiger partial charge in [0, 0.05) is 12.1 Å². The zero-order valence-electron chi connectivity index (χ0n) is 8.37. The Hall–Kier alpha value is -1.69. The number of benzene rings is 1. The summed E-state index contributed by atoms with van der Waals surface area (Å²) in [6, 6.07) is 3.22. The molecular formula is C10H10F2N2O2. The average molecular weight is 228 g/mol. The number of hydrogen-bond donors (Lipinski definition) is 1. The van der Waals surface area contributed by atoms with E-state index < -0.39 is 17.7 Å². The number of carbonyl (C=O) groups is 1. The van der Waals surface area contributed by atoms with E-state index in [1.54, 1.807) is 0 Å². The fourth-order valence-electron chi connectivity index (χ4n) is 1.45. The van der Waals surface area contributed by atoms with Crippen molar-refractivity contribution in [3.63, 3.8) is 0 Å². The van der Waals surface area contributed by atoms with Gasteiger partial charge in [0.05, 0.1) is 6.54 Å². The third kappa shape index (κ3) is 2.46. The SMILES string of the molecule is O=C1NN(Cc2cc(F)ccc2F)CCO1. The zero-order chi connectivity index (χ0) is 11.5. The van der Waals surface area contributed by atoms with Crippen LogP contribution in [-0.4, -0.2) is 24.3 Å². The quantitative estimate of drug-likeness (QED) is 0.832. The van der Waals surface area contributed by atoms with E-state index in [0.29, 0.717) is 6.54 Å². The number of ether oxygens (including phenoxy) is 1. The Labute approximate surface area is 90.8 Å². The fraction of sp³-hybridized carbons (Fsp3) is 0.300. The van der Waals surface area contributed by atoms with Gasteiger partial charge in [-0.25, -0.2) is 18.6 Å². The summed E-state index contributed by atoms with van der Waals surface area (Å²) in [7, 11) is 0. The number of nitrogens with zero attached hydrogens (tertiary/aromatic N) is 1. The summed E-state index contributed by atoms with van der Waals surface area (Å²) < 4.78 is 30.8. The molecule has 1 saturated heterocycles. The van der Waals surface area contributed by atoms with Crippen LogP contribution in [0.25, 0.3) is 0 Å². The standard InChI is InChI=1S/C10H10F2N2O2/c11-8-1-2-9(12)7(5-8)6-14-3-4-16-10(15)13-14/h1-2,5H,3-4,6H2,(H,13,15). The van der Waals surface area contributed by atoms with Gasteiger partial charge < -0.3 is 4.74 Å². The van der Waals surface area contributed by atoms with E-state index in [1.807, 2.05) is 0 Å². The van der Waals surface area contributed by atoms with Crippen molar-refractivity contribution in [3.8, 4) is 0 Å². The van der Waals surface area contributed by atoms with Crippen molar-refractivity contribution in [1.29, 1.82) is 0 Å². The first-order valence-electron chi connectivity index (χ1n) is 4.77. The highest BCUT2D eigenvalue weighted by Gasteiger charge is 2.18. The van der Waals surface area contributed by atoms with Gasteiger partial charge in [-0.2, -0.15) is 0 Å². The van der Waals surface area contributed by atoms with Gasteiger partial charge in [-0.15, -0.1) is 0 Å². The third-order valence-electron chi connectivity index (χ3n) is 2.21. The highest BCUT2D eigenvalue weighted by atomic mass is 19.1. The summed E-state index contributed by atoms with van der Waals surface area (Å²) in [4.78, 5) is 10.9. The molecule has 0 aliphatic carbocycles. The van der Waals surface area contributed by atoms with Crippen LogP contribution in [0.3, 0.4) is 0 Å². The molecule has 0 spiro atoms. The molecular weight excluding hydrogens is 218 g/mol. The van der Waals surface area contributed by atoms with E-state index in [2.05, 4.69) is 10.2 Å². The molecule has 16 heavy (non-hydrogen) atoms. The van der Waals surface area contributed by atoms with Crippen LogP contribution in [0.15, 0.2) is 18.2 Å². The molecule has 86 valence electrons. The lowest BCUT2D eigenvalue weighted by Gasteiger charge is -2.26. The Morgan fingerprint density at radius 2 is 2.25 bits per heavy atom. The minimum atomic E-state index is -0.580. The molecule has 1 N–H and O–H groups in total. The van der Waals surface area contributed by atoms with Gasteiger partial charge in [0.15, 0.2) is 0 Å². The third-order valence-corrected chi connectivity index (χ3v) is 2.21. The maximum absolute atomic E-state index is 13.3. The monoisotopic (exact) mass is 228 g/mol. The molecule has 0 bridgehead atoms. The average Bonchev–Trinajstić information content (AvgIpc) is 2.24. The molecule has 2 rings (SSSR count). The molecule has 1 aliphatic heterocycles. The summed E-state index contributed by atoms with van der Waals surface area (Å²) in [5, 5.41) is 1.48. The Kier molecular flexibility index (Phi) is 3.00. The minimum absolute atomic E-state index is 0.110. The number of hydrogen-bond acceptors (Lipinski definition) is 3. The van der Waals surface area contributed by atoms with E-state index in [4.69, 9.17) is 0 Å². The van der Waals surface area contributed by atoms with Gasteiger partial charge in [0.2, 0.25) is 0 Å². The lowest BCUT2D eigenvalue weighted by molar-refractivity contribution is 0.0468. The van der Waals surface area contributed by atoms with Gasteiger partial charge in [0.25, 0.3) is 0 Å². The fourth-order valence-corrected chi connectivity index (χ4v) is 1.45. The lowest BCUT2D eigenvalue weighted by Crippen LogP contribution is -2.48. The van der Waals surface area contributed by atoms with Crippen molar-refractivity contribution in [2.45, 2.75) is 6.54 Å². The van der Waals surface area contributed by atoms with E-state index in [1.165, 1.54) is 5.01 Å². The number of nitrogens with one attached hydrogen (secondary N) is 1. The van der Waals surface area contributed by atoms with Crippen LogP contribution in [0.2, 0.25) is 0 Å². The highest BCUT2D eigenvalue weighted by Crippen LogP contribution is 2.12. The van der Waals surface area contributed by atoms with Gasteiger partial charge in [-0.1, -0.05) is 0 Å². The number of rotatable bonds is 2.